The Morgan fingerprint density at radius 3 is 2.62 bits per heavy atom. The van der Waals surface area contributed by atoms with E-state index in [0.29, 0.717) is 41.6 Å². The van der Waals surface area contributed by atoms with Crippen LogP contribution in [0, 0.1) is 11.7 Å². The van der Waals surface area contributed by atoms with Crippen molar-refractivity contribution in [2.75, 3.05) is 35.2 Å². The molecular formula is C27H30FN5O6S. The number of carbonyl (C=O) groups is 2. The van der Waals surface area contributed by atoms with Gasteiger partial charge in [-0.05, 0) is 55.2 Å². The van der Waals surface area contributed by atoms with Crippen LogP contribution in [0.3, 0.4) is 0 Å². The number of halogens is 1. The van der Waals surface area contributed by atoms with E-state index in [1.807, 2.05) is 13.8 Å². The van der Waals surface area contributed by atoms with Gasteiger partial charge in [-0.25, -0.2) is 27.6 Å². The summed E-state index contributed by atoms with van der Waals surface area (Å²) in [5.41, 5.74) is 6.28. The average molecular weight is 572 g/mol. The zero-order valence-electron chi connectivity index (χ0n) is 22.2. The molecule has 4 rings (SSSR count). The molecule has 2 aromatic heterocycles. The maximum Gasteiger partial charge on any atom is 0.328 e. The molecule has 0 spiro atoms. The number of ether oxygens (including phenoxy) is 2. The van der Waals surface area contributed by atoms with E-state index in [2.05, 4.69) is 9.97 Å². The number of hydrogen-bond donors (Lipinski definition) is 2. The van der Waals surface area contributed by atoms with Gasteiger partial charge in [0.05, 0.1) is 25.0 Å². The summed E-state index contributed by atoms with van der Waals surface area (Å²) in [5.74, 6) is -1.61. The minimum absolute atomic E-state index is 0.0211. The normalized spacial score (nSPS) is 14.9. The molecule has 212 valence electrons. The molecule has 1 amide bonds. The fraction of sp³-hybridized carbons (Fsp3) is 0.333. The standard InChI is InChI=1S/C27H30FN5O6S/c1-16(2)15-39-19-13-17(12-18(28)14-19)21-10-9-20(25(30-21)32-11-5-6-22(32)27(35)38-3)26(34)33(40(36)37)24-8-4-7-23(29)31-24/h4,7-10,12-14,16,22,40H,5-6,11,15H2,1-3H3,(H2,29,31)/t22-/m0/s1. The van der Waals surface area contributed by atoms with Crippen LogP contribution in [0.25, 0.3) is 11.3 Å². The summed E-state index contributed by atoms with van der Waals surface area (Å²) in [4.78, 5) is 36.5. The van der Waals surface area contributed by atoms with Gasteiger partial charge in [0.1, 0.15) is 29.2 Å². The molecule has 40 heavy (non-hydrogen) atoms. The van der Waals surface area contributed by atoms with Crippen molar-refractivity contribution < 1.29 is 31.9 Å². The highest BCUT2D eigenvalue weighted by molar-refractivity contribution is 7.75. The number of aromatic nitrogens is 2. The van der Waals surface area contributed by atoms with Crippen molar-refractivity contribution in [3.8, 4) is 17.0 Å². The topological polar surface area (TPSA) is 145 Å². The van der Waals surface area contributed by atoms with Crippen LogP contribution in [0.2, 0.25) is 0 Å². The van der Waals surface area contributed by atoms with Crippen molar-refractivity contribution in [3.05, 3.63) is 59.9 Å². The number of amides is 1. The van der Waals surface area contributed by atoms with Crippen molar-refractivity contribution >= 4 is 40.2 Å². The monoisotopic (exact) mass is 571 g/mol. The van der Waals surface area contributed by atoms with Gasteiger partial charge in [-0.15, -0.1) is 0 Å². The summed E-state index contributed by atoms with van der Waals surface area (Å²) >= 11 is 0. The molecule has 0 aliphatic carbocycles. The second-order valence-corrected chi connectivity index (χ2v) is 10.5. The number of pyridine rings is 2. The van der Waals surface area contributed by atoms with Crippen molar-refractivity contribution in [2.24, 2.45) is 5.92 Å². The van der Waals surface area contributed by atoms with E-state index in [0.717, 1.165) is 0 Å². The molecule has 0 bridgehead atoms. The summed E-state index contributed by atoms with van der Waals surface area (Å²) in [6.07, 6.45) is 1.04. The molecule has 2 N–H and O–H groups in total. The molecule has 1 fully saturated rings. The van der Waals surface area contributed by atoms with Crippen molar-refractivity contribution in [1.82, 2.24) is 9.97 Å². The maximum atomic E-state index is 14.6. The van der Waals surface area contributed by atoms with E-state index in [9.17, 15) is 22.4 Å². The van der Waals surface area contributed by atoms with Gasteiger partial charge >= 0.3 is 5.97 Å². The van der Waals surface area contributed by atoms with Gasteiger partial charge in [0.15, 0.2) is 5.82 Å². The third kappa shape index (κ3) is 6.30. The Balaban J connectivity index is 1.85. The zero-order valence-corrected chi connectivity index (χ0v) is 23.1. The Morgan fingerprint density at radius 2 is 1.95 bits per heavy atom. The number of anilines is 3. The molecule has 0 saturated carbocycles. The number of carbonyl (C=O) groups excluding carboxylic acids is 2. The molecular weight excluding hydrogens is 541 g/mol. The van der Waals surface area contributed by atoms with Gasteiger partial charge < -0.3 is 20.1 Å². The predicted molar refractivity (Wildman–Crippen MR) is 148 cm³/mol. The van der Waals surface area contributed by atoms with Crippen LogP contribution < -0.4 is 19.7 Å². The van der Waals surface area contributed by atoms with Gasteiger partial charge in [0.25, 0.3) is 5.91 Å². The second kappa shape index (κ2) is 12.3. The first-order chi connectivity index (χ1) is 19.1. The molecule has 13 heteroatoms. The summed E-state index contributed by atoms with van der Waals surface area (Å²) in [6, 6.07) is 10.5. The minimum atomic E-state index is -3.47. The third-order valence-electron chi connectivity index (χ3n) is 6.18. The number of esters is 1. The van der Waals surface area contributed by atoms with E-state index in [1.165, 1.54) is 49.6 Å². The molecule has 1 aliphatic heterocycles. The third-order valence-corrected chi connectivity index (χ3v) is 6.90. The lowest BCUT2D eigenvalue weighted by Crippen LogP contribution is -2.39. The van der Waals surface area contributed by atoms with Crippen LogP contribution in [0.1, 0.15) is 37.0 Å². The Hall–Kier alpha value is -4.26. The maximum absolute atomic E-state index is 14.6. The Morgan fingerprint density at radius 1 is 1.18 bits per heavy atom. The van der Waals surface area contributed by atoms with Crippen LogP contribution in [-0.4, -0.2) is 56.6 Å². The molecule has 3 heterocycles. The zero-order chi connectivity index (χ0) is 29.0. The number of thiol groups is 1. The van der Waals surface area contributed by atoms with Gasteiger partial charge in [0, 0.05) is 18.2 Å². The Bertz CT molecular complexity index is 1490. The van der Waals surface area contributed by atoms with Crippen molar-refractivity contribution in [1.29, 1.82) is 0 Å². The number of nitrogen functional groups attached to an aromatic ring is 1. The molecule has 1 aliphatic rings. The van der Waals surface area contributed by atoms with Crippen LogP contribution in [0.5, 0.6) is 5.75 Å². The molecule has 0 unspecified atom stereocenters. The number of nitrogens with two attached hydrogens (primary N) is 1. The highest BCUT2D eigenvalue weighted by Gasteiger charge is 2.36. The van der Waals surface area contributed by atoms with Crippen LogP contribution in [0.15, 0.2) is 48.5 Å². The number of rotatable bonds is 9. The van der Waals surface area contributed by atoms with Crippen LogP contribution in [0.4, 0.5) is 21.8 Å². The summed E-state index contributed by atoms with van der Waals surface area (Å²) in [5, 5.41) is 0. The summed E-state index contributed by atoms with van der Waals surface area (Å²) < 4.78 is 50.2. The van der Waals surface area contributed by atoms with Gasteiger partial charge in [-0.2, -0.15) is 4.31 Å². The smallest absolute Gasteiger partial charge is 0.328 e. The van der Waals surface area contributed by atoms with E-state index in [4.69, 9.17) is 15.2 Å². The minimum Gasteiger partial charge on any atom is -0.493 e. The summed E-state index contributed by atoms with van der Waals surface area (Å²) in [7, 11) is -2.22. The lowest BCUT2D eigenvalue weighted by molar-refractivity contribution is -0.141. The van der Waals surface area contributed by atoms with Gasteiger partial charge in [-0.3, -0.25) is 4.79 Å². The number of hydrogen-bond acceptors (Lipinski definition) is 10. The quantitative estimate of drug-likeness (QED) is 0.290. The van der Waals surface area contributed by atoms with E-state index < -0.39 is 34.6 Å². The average Bonchev–Trinajstić information content (AvgIpc) is 3.41. The molecule has 1 aromatic carbocycles. The van der Waals surface area contributed by atoms with E-state index in [1.54, 1.807) is 11.0 Å². The lowest BCUT2D eigenvalue weighted by Gasteiger charge is -2.27. The SMILES string of the molecule is COC(=O)[C@@H]1CCCN1c1nc(-c2cc(F)cc(OCC(C)C)c2)ccc1C(=O)N(c1cccc(N)n1)[SH](=O)=O. The molecule has 1 atom stereocenters. The van der Waals surface area contributed by atoms with E-state index in [-0.39, 0.29) is 34.6 Å². The first kappa shape index (κ1) is 28.7. The lowest BCUT2D eigenvalue weighted by atomic mass is 10.1. The summed E-state index contributed by atoms with van der Waals surface area (Å²) in [6.45, 7) is 4.67. The largest absolute Gasteiger partial charge is 0.493 e. The predicted octanol–water partition coefficient (Wildman–Crippen LogP) is 3.21. The van der Waals surface area contributed by atoms with Crippen molar-refractivity contribution in [2.45, 2.75) is 32.7 Å². The fourth-order valence-corrected chi connectivity index (χ4v) is 4.92. The first-order valence-electron chi connectivity index (χ1n) is 12.6. The number of methoxy groups -OCH3 is 1. The fourth-order valence-electron chi connectivity index (χ4n) is 4.39. The molecule has 3 aromatic rings. The Labute approximate surface area is 232 Å². The first-order valence-corrected chi connectivity index (χ1v) is 13.7. The van der Waals surface area contributed by atoms with Gasteiger partial charge in [0.2, 0.25) is 10.9 Å². The number of benzene rings is 1. The van der Waals surface area contributed by atoms with Gasteiger partial charge in [-0.1, -0.05) is 19.9 Å². The molecule has 11 nitrogen and oxygen atoms in total. The molecule has 1 saturated heterocycles. The van der Waals surface area contributed by atoms with E-state index >= 15 is 0 Å². The Kier molecular flexibility index (Phi) is 8.83. The highest BCUT2D eigenvalue weighted by atomic mass is 32.2. The van der Waals surface area contributed by atoms with Crippen LogP contribution in [-0.2, 0) is 20.4 Å². The second-order valence-electron chi connectivity index (χ2n) is 9.60. The number of nitrogens with zero attached hydrogens (tertiary/aromatic N) is 4. The van der Waals surface area contributed by atoms with Crippen LogP contribution >= 0.6 is 0 Å². The highest BCUT2D eigenvalue weighted by Crippen LogP contribution is 2.33. The van der Waals surface area contributed by atoms with Crippen molar-refractivity contribution in [3.63, 3.8) is 0 Å². The molecule has 0 radical (unpaired) electrons.